The molecule has 3 aromatic carbocycles. The summed E-state index contributed by atoms with van der Waals surface area (Å²) in [4.78, 5) is 0. The van der Waals surface area contributed by atoms with Gasteiger partial charge in [-0.25, -0.2) is 13.2 Å². The highest BCUT2D eigenvalue weighted by atomic mass is 19.2. The Morgan fingerprint density at radius 1 is 0.839 bits per heavy atom. The molecule has 162 valence electrons. The van der Waals surface area contributed by atoms with Crippen molar-refractivity contribution in [2.45, 2.75) is 52.4 Å². The van der Waals surface area contributed by atoms with Crippen molar-refractivity contribution in [2.24, 2.45) is 0 Å². The van der Waals surface area contributed by atoms with E-state index < -0.39 is 11.7 Å². The molecule has 0 nitrogen and oxygen atoms in total. The Morgan fingerprint density at radius 3 is 2.26 bits per heavy atom. The quantitative estimate of drug-likeness (QED) is 0.183. The zero-order chi connectivity index (χ0) is 22.2. The van der Waals surface area contributed by atoms with Gasteiger partial charge < -0.3 is 0 Å². The average Bonchev–Trinajstić information content (AvgIpc) is 2.80. The summed E-state index contributed by atoms with van der Waals surface area (Å²) in [6, 6.07) is 14.9. The van der Waals surface area contributed by atoms with E-state index in [4.69, 9.17) is 0 Å². The minimum atomic E-state index is -0.934. The standard InChI is InChI=1S/C28H29F3/c1-3-5-7-9-20-11-13-22(14-12-20)27(30)28(31)24-17-18-25-23(19-24)16-15-21(26(25)29)10-8-6-4-2/h3,5,11-19H,4,6-10H2,1-2H3/b5-3+,28-27?. The molecule has 0 bridgehead atoms. The van der Waals surface area contributed by atoms with E-state index in [0.29, 0.717) is 22.8 Å². The third-order valence-electron chi connectivity index (χ3n) is 5.57. The first-order valence-corrected chi connectivity index (χ1v) is 11.0. The third kappa shape index (κ3) is 5.66. The van der Waals surface area contributed by atoms with Gasteiger partial charge in [0.15, 0.2) is 11.7 Å². The van der Waals surface area contributed by atoms with Crippen LogP contribution in [0.3, 0.4) is 0 Å². The second-order valence-corrected chi connectivity index (χ2v) is 7.86. The maximum Gasteiger partial charge on any atom is 0.166 e. The van der Waals surface area contributed by atoms with Gasteiger partial charge in [-0.1, -0.05) is 80.4 Å². The first-order valence-electron chi connectivity index (χ1n) is 11.0. The molecule has 0 N–H and O–H groups in total. The maximum absolute atomic E-state index is 14.9. The molecule has 0 amide bonds. The number of benzene rings is 3. The summed E-state index contributed by atoms with van der Waals surface area (Å²) in [5.41, 5.74) is 2.06. The van der Waals surface area contributed by atoms with Crippen molar-refractivity contribution < 1.29 is 13.2 Å². The van der Waals surface area contributed by atoms with Crippen LogP contribution in [-0.2, 0) is 12.8 Å². The predicted molar refractivity (Wildman–Crippen MR) is 126 cm³/mol. The van der Waals surface area contributed by atoms with Crippen LogP contribution in [0, 0.1) is 5.82 Å². The van der Waals surface area contributed by atoms with Crippen molar-refractivity contribution in [1.82, 2.24) is 0 Å². The van der Waals surface area contributed by atoms with E-state index in [1.807, 2.05) is 25.1 Å². The minimum Gasteiger partial charge on any atom is -0.206 e. The summed E-state index contributed by atoms with van der Waals surface area (Å²) in [6.07, 6.45) is 9.60. The Kier molecular flexibility index (Phi) is 8.11. The summed E-state index contributed by atoms with van der Waals surface area (Å²) in [5, 5.41) is 1.01. The summed E-state index contributed by atoms with van der Waals surface area (Å²) in [6.45, 7) is 4.08. The van der Waals surface area contributed by atoms with Crippen molar-refractivity contribution in [3.8, 4) is 0 Å². The van der Waals surface area contributed by atoms with E-state index in [2.05, 4.69) is 13.0 Å². The summed E-state index contributed by atoms with van der Waals surface area (Å²) in [7, 11) is 0. The fourth-order valence-corrected chi connectivity index (χ4v) is 3.72. The van der Waals surface area contributed by atoms with Crippen LogP contribution in [-0.4, -0.2) is 0 Å². The third-order valence-corrected chi connectivity index (χ3v) is 5.57. The molecule has 0 aromatic heterocycles. The van der Waals surface area contributed by atoms with Gasteiger partial charge in [0.25, 0.3) is 0 Å². The number of hydrogen-bond donors (Lipinski definition) is 0. The minimum absolute atomic E-state index is 0.111. The second-order valence-electron chi connectivity index (χ2n) is 7.86. The summed E-state index contributed by atoms with van der Waals surface area (Å²) >= 11 is 0. The van der Waals surface area contributed by atoms with Gasteiger partial charge in [-0.3, -0.25) is 0 Å². The smallest absolute Gasteiger partial charge is 0.166 e. The molecule has 31 heavy (non-hydrogen) atoms. The fraction of sp³-hybridized carbons (Fsp3) is 0.286. The molecule has 0 atom stereocenters. The van der Waals surface area contributed by atoms with Gasteiger partial charge in [0.1, 0.15) is 5.82 Å². The average molecular weight is 423 g/mol. The normalized spacial score (nSPS) is 12.5. The zero-order valence-corrected chi connectivity index (χ0v) is 18.2. The predicted octanol–water partition coefficient (Wildman–Crippen LogP) is 8.99. The van der Waals surface area contributed by atoms with Gasteiger partial charge in [-0.15, -0.1) is 0 Å². The second kappa shape index (κ2) is 11.0. The van der Waals surface area contributed by atoms with Gasteiger partial charge in [0.05, 0.1) is 0 Å². The van der Waals surface area contributed by atoms with Gasteiger partial charge in [0.2, 0.25) is 0 Å². The monoisotopic (exact) mass is 422 g/mol. The molecular weight excluding hydrogens is 393 g/mol. The molecule has 0 saturated heterocycles. The van der Waals surface area contributed by atoms with Crippen LogP contribution in [0.1, 0.15) is 61.8 Å². The van der Waals surface area contributed by atoms with E-state index in [1.165, 1.54) is 12.1 Å². The molecule has 0 unspecified atom stereocenters. The van der Waals surface area contributed by atoms with Crippen LogP contribution in [0.15, 0.2) is 66.7 Å². The molecule has 0 spiro atoms. The molecule has 0 heterocycles. The van der Waals surface area contributed by atoms with E-state index in [-0.39, 0.29) is 16.9 Å². The highest BCUT2D eigenvalue weighted by molar-refractivity contribution is 5.90. The molecule has 3 aromatic rings. The topological polar surface area (TPSA) is 0 Å². The van der Waals surface area contributed by atoms with Crippen molar-refractivity contribution >= 4 is 22.4 Å². The van der Waals surface area contributed by atoms with Crippen LogP contribution in [0.25, 0.3) is 22.4 Å². The van der Waals surface area contributed by atoms with E-state index in [1.54, 1.807) is 30.3 Å². The number of unbranched alkanes of at least 4 members (excludes halogenated alkanes) is 2. The summed E-state index contributed by atoms with van der Waals surface area (Å²) in [5.74, 6) is -2.11. The first kappa shape index (κ1) is 22.9. The Morgan fingerprint density at radius 2 is 1.55 bits per heavy atom. The van der Waals surface area contributed by atoms with Crippen molar-refractivity contribution in [3.63, 3.8) is 0 Å². The molecule has 3 rings (SSSR count). The lowest BCUT2D eigenvalue weighted by atomic mass is 9.99. The lowest BCUT2D eigenvalue weighted by Gasteiger charge is -2.09. The molecular formula is C28H29F3. The highest BCUT2D eigenvalue weighted by Gasteiger charge is 2.14. The molecule has 3 heteroatoms. The molecule has 0 aliphatic heterocycles. The van der Waals surface area contributed by atoms with Crippen LogP contribution < -0.4 is 0 Å². The van der Waals surface area contributed by atoms with Crippen molar-refractivity contribution in [1.29, 1.82) is 0 Å². The summed E-state index contributed by atoms with van der Waals surface area (Å²) < 4.78 is 44.5. The number of fused-ring (bicyclic) bond motifs is 1. The lowest BCUT2D eigenvalue weighted by molar-refractivity contribution is 0.609. The van der Waals surface area contributed by atoms with E-state index >= 15 is 0 Å². The number of hydrogen-bond acceptors (Lipinski definition) is 0. The maximum atomic E-state index is 14.9. The first-order chi connectivity index (χ1) is 15.0. The van der Waals surface area contributed by atoms with E-state index in [9.17, 15) is 13.2 Å². The van der Waals surface area contributed by atoms with Gasteiger partial charge in [0, 0.05) is 16.5 Å². The number of aryl methyl sites for hydroxylation is 2. The van der Waals surface area contributed by atoms with Crippen molar-refractivity contribution in [2.75, 3.05) is 0 Å². The number of rotatable bonds is 9. The van der Waals surface area contributed by atoms with Gasteiger partial charge in [-0.05, 0) is 55.2 Å². The molecule has 0 aliphatic rings. The number of halogens is 3. The Balaban J connectivity index is 1.84. The Bertz CT molecular complexity index is 1080. The van der Waals surface area contributed by atoms with Crippen LogP contribution in [0.4, 0.5) is 13.2 Å². The Hall–Kier alpha value is -2.81. The SMILES string of the molecule is C/C=C/CCc1ccc(C(F)=C(F)c2ccc3c(F)c(CCCCC)ccc3c2)cc1. The van der Waals surface area contributed by atoms with Crippen LogP contribution in [0.5, 0.6) is 0 Å². The van der Waals surface area contributed by atoms with Gasteiger partial charge >= 0.3 is 0 Å². The number of allylic oxidation sites excluding steroid dienone is 2. The largest absolute Gasteiger partial charge is 0.206 e. The lowest BCUT2D eigenvalue weighted by Crippen LogP contribution is -1.93. The van der Waals surface area contributed by atoms with Gasteiger partial charge in [-0.2, -0.15) is 0 Å². The molecule has 0 saturated carbocycles. The fourth-order valence-electron chi connectivity index (χ4n) is 3.72. The molecule has 0 aliphatic carbocycles. The Labute approximate surface area is 183 Å². The van der Waals surface area contributed by atoms with Crippen LogP contribution in [0.2, 0.25) is 0 Å². The molecule has 0 radical (unpaired) electrons. The van der Waals surface area contributed by atoms with Crippen LogP contribution >= 0.6 is 0 Å². The highest BCUT2D eigenvalue weighted by Crippen LogP contribution is 2.32. The van der Waals surface area contributed by atoms with E-state index in [0.717, 1.165) is 37.7 Å². The zero-order valence-electron chi connectivity index (χ0n) is 18.2. The molecule has 0 fully saturated rings. The van der Waals surface area contributed by atoms with Crippen molar-refractivity contribution in [3.05, 3.63) is 94.8 Å².